The van der Waals surface area contributed by atoms with E-state index in [4.69, 9.17) is 14.2 Å². The zero-order valence-electron chi connectivity index (χ0n) is 17.3. The molecular formula is C22H24INO7S. The number of phenolic OH excluding ortho intramolecular Hbond substituents is 1. The van der Waals surface area contributed by atoms with Gasteiger partial charge in [0.05, 0.1) is 12.4 Å². The number of thiol groups is 1. The number of rotatable bonds is 10. The highest BCUT2D eigenvalue weighted by molar-refractivity contribution is 14.1. The van der Waals surface area contributed by atoms with Crippen LogP contribution in [0.2, 0.25) is 0 Å². The highest BCUT2D eigenvalue weighted by Crippen LogP contribution is 2.33. The zero-order valence-corrected chi connectivity index (χ0v) is 20.4. The SMILES string of the molecule is CCO[C@@H](CCOC(=O)CS)[C@@H](OC(=O)NC(=O)c1ccccc1)c1cc(I)ccc1O. The number of benzene rings is 2. The fourth-order valence-electron chi connectivity index (χ4n) is 2.86. The predicted molar refractivity (Wildman–Crippen MR) is 129 cm³/mol. The summed E-state index contributed by atoms with van der Waals surface area (Å²) in [5.41, 5.74) is 0.594. The molecule has 10 heteroatoms. The molecule has 172 valence electrons. The van der Waals surface area contributed by atoms with Gasteiger partial charge < -0.3 is 19.3 Å². The van der Waals surface area contributed by atoms with Gasteiger partial charge in [-0.2, -0.15) is 12.6 Å². The van der Waals surface area contributed by atoms with E-state index in [9.17, 15) is 19.5 Å². The van der Waals surface area contributed by atoms with E-state index in [-0.39, 0.29) is 36.7 Å². The second-order valence-electron chi connectivity index (χ2n) is 6.51. The Balaban J connectivity index is 2.24. The van der Waals surface area contributed by atoms with E-state index in [0.717, 1.165) is 3.57 Å². The zero-order chi connectivity index (χ0) is 23.5. The van der Waals surface area contributed by atoms with Crippen LogP contribution in [0.5, 0.6) is 5.75 Å². The van der Waals surface area contributed by atoms with Crippen molar-refractivity contribution in [2.24, 2.45) is 0 Å². The largest absolute Gasteiger partial charge is 0.508 e. The van der Waals surface area contributed by atoms with Crippen LogP contribution in [0.25, 0.3) is 0 Å². The molecule has 0 unspecified atom stereocenters. The Morgan fingerprint density at radius 1 is 1.16 bits per heavy atom. The van der Waals surface area contributed by atoms with E-state index in [1.165, 1.54) is 6.07 Å². The van der Waals surface area contributed by atoms with E-state index < -0.39 is 30.2 Å². The summed E-state index contributed by atoms with van der Waals surface area (Å²) in [7, 11) is 0. The molecule has 32 heavy (non-hydrogen) atoms. The van der Waals surface area contributed by atoms with Crippen LogP contribution in [0, 0.1) is 3.57 Å². The number of carbonyl (C=O) groups is 3. The molecule has 2 atom stereocenters. The first-order valence-electron chi connectivity index (χ1n) is 9.79. The van der Waals surface area contributed by atoms with E-state index >= 15 is 0 Å². The average molecular weight is 573 g/mol. The Morgan fingerprint density at radius 3 is 2.53 bits per heavy atom. The molecule has 0 saturated carbocycles. The lowest BCUT2D eigenvalue weighted by molar-refractivity contribution is -0.142. The van der Waals surface area contributed by atoms with Gasteiger partial charge in [0.1, 0.15) is 11.9 Å². The lowest BCUT2D eigenvalue weighted by atomic mass is 10.0. The molecular weight excluding hydrogens is 549 g/mol. The van der Waals surface area contributed by atoms with Crippen molar-refractivity contribution in [2.75, 3.05) is 19.0 Å². The van der Waals surface area contributed by atoms with Crippen molar-refractivity contribution in [2.45, 2.75) is 25.6 Å². The third kappa shape index (κ3) is 7.99. The van der Waals surface area contributed by atoms with Crippen molar-refractivity contribution < 1.29 is 33.7 Å². The minimum atomic E-state index is -1.07. The third-order valence-corrected chi connectivity index (χ3v) is 5.22. The maximum absolute atomic E-state index is 12.6. The molecule has 0 radical (unpaired) electrons. The van der Waals surface area contributed by atoms with Crippen LogP contribution in [0.4, 0.5) is 4.79 Å². The first-order valence-corrected chi connectivity index (χ1v) is 11.5. The summed E-state index contributed by atoms with van der Waals surface area (Å²) in [5.74, 6) is -1.29. The topological polar surface area (TPSA) is 111 Å². The van der Waals surface area contributed by atoms with Crippen LogP contribution in [-0.2, 0) is 19.0 Å². The predicted octanol–water partition coefficient (Wildman–Crippen LogP) is 3.87. The Morgan fingerprint density at radius 2 is 1.88 bits per heavy atom. The Labute approximate surface area is 205 Å². The van der Waals surface area contributed by atoms with Crippen LogP contribution in [-0.4, -0.2) is 48.1 Å². The summed E-state index contributed by atoms with van der Waals surface area (Å²) >= 11 is 5.93. The summed E-state index contributed by atoms with van der Waals surface area (Å²) in [5, 5.41) is 12.6. The number of esters is 1. The molecule has 0 bridgehead atoms. The Bertz CT molecular complexity index is 926. The first-order chi connectivity index (χ1) is 15.3. The number of ether oxygens (including phenoxy) is 3. The molecule has 0 saturated heterocycles. The lowest BCUT2D eigenvalue weighted by Crippen LogP contribution is -2.36. The van der Waals surface area contributed by atoms with Gasteiger partial charge in [0.15, 0.2) is 6.10 Å². The van der Waals surface area contributed by atoms with Crippen LogP contribution in [0.15, 0.2) is 48.5 Å². The smallest absolute Gasteiger partial charge is 0.414 e. The number of amides is 2. The van der Waals surface area contributed by atoms with E-state index in [2.05, 4.69) is 40.5 Å². The number of halogens is 1. The molecule has 8 nitrogen and oxygen atoms in total. The van der Waals surface area contributed by atoms with Gasteiger partial charge in [-0.3, -0.25) is 14.9 Å². The van der Waals surface area contributed by atoms with Gasteiger partial charge in [-0.15, -0.1) is 0 Å². The Hall–Kier alpha value is -2.31. The summed E-state index contributed by atoms with van der Waals surface area (Å²) in [6.45, 7) is 2.04. The monoisotopic (exact) mass is 573 g/mol. The average Bonchev–Trinajstić information content (AvgIpc) is 2.79. The van der Waals surface area contributed by atoms with Gasteiger partial charge in [0.25, 0.3) is 5.91 Å². The molecule has 2 rings (SSSR count). The summed E-state index contributed by atoms with van der Waals surface area (Å²) < 4.78 is 17.2. The van der Waals surface area contributed by atoms with Crippen molar-refractivity contribution >= 4 is 53.2 Å². The van der Waals surface area contributed by atoms with Gasteiger partial charge >= 0.3 is 12.1 Å². The number of imide groups is 1. The fraction of sp³-hybridized carbons (Fsp3) is 0.318. The fourth-order valence-corrected chi connectivity index (χ4v) is 3.47. The van der Waals surface area contributed by atoms with Gasteiger partial charge in [0.2, 0.25) is 0 Å². The highest BCUT2D eigenvalue weighted by atomic mass is 127. The van der Waals surface area contributed by atoms with Gasteiger partial charge in [-0.05, 0) is 59.8 Å². The van der Waals surface area contributed by atoms with Crippen LogP contribution < -0.4 is 5.32 Å². The highest BCUT2D eigenvalue weighted by Gasteiger charge is 2.31. The number of aromatic hydroxyl groups is 1. The number of hydrogen-bond donors (Lipinski definition) is 3. The summed E-state index contributed by atoms with van der Waals surface area (Å²) in [4.78, 5) is 36.3. The minimum absolute atomic E-state index is 0.000821. The second-order valence-corrected chi connectivity index (χ2v) is 8.07. The second kappa shape index (κ2) is 13.3. The molecule has 0 aliphatic heterocycles. The quantitative estimate of drug-likeness (QED) is 0.225. The molecule has 0 spiro atoms. The maximum atomic E-state index is 12.6. The molecule has 0 aromatic heterocycles. The first kappa shape index (κ1) is 25.9. The molecule has 2 aromatic carbocycles. The van der Waals surface area contributed by atoms with Crippen molar-refractivity contribution in [3.8, 4) is 5.75 Å². The number of alkyl carbamates (subject to hydrolysis) is 1. The molecule has 2 aromatic rings. The number of carbonyl (C=O) groups excluding carboxylic acids is 3. The standard InChI is InChI=1S/C22H24INO7S/c1-2-29-18(10-11-30-19(26)13-32)20(16-12-15(23)8-9-17(16)25)31-22(28)24-21(27)14-6-4-3-5-7-14/h3-9,12,18,20,25,32H,2,10-11,13H2,1H3,(H,24,27,28)/t18-,20-/m0/s1. The van der Waals surface area contributed by atoms with Crippen molar-refractivity contribution in [1.82, 2.24) is 5.32 Å². The summed E-state index contributed by atoms with van der Waals surface area (Å²) in [6.07, 6.45) is -2.64. The van der Waals surface area contributed by atoms with Crippen molar-refractivity contribution in [1.29, 1.82) is 0 Å². The van der Waals surface area contributed by atoms with Crippen molar-refractivity contribution in [3.63, 3.8) is 0 Å². The van der Waals surface area contributed by atoms with Crippen molar-refractivity contribution in [3.05, 3.63) is 63.2 Å². The van der Waals surface area contributed by atoms with Crippen LogP contribution in [0.3, 0.4) is 0 Å². The molecule has 0 aliphatic rings. The maximum Gasteiger partial charge on any atom is 0.414 e. The van der Waals surface area contributed by atoms with Gasteiger partial charge in [-0.1, -0.05) is 18.2 Å². The Kier molecular flexibility index (Phi) is 10.8. The third-order valence-electron chi connectivity index (χ3n) is 4.29. The minimum Gasteiger partial charge on any atom is -0.508 e. The molecule has 0 aliphatic carbocycles. The van der Waals surface area contributed by atoms with Crippen LogP contribution in [0.1, 0.15) is 35.4 Å². The van der Waals surface area contributed by atoms with Gasteiger partial charge in [0, 0.05) is 27.7 Å². The summed E-state index contributed by atoms with van der Waals surface area (Å²) in [6, 6.07) is 13.0. The van der Waals surface area contributed by atoms with E-state index in [1.807, 2.05) is 0 Å². The molecule has 0 fully saturated rings. The lowest BCUT2D eigenvalue weighted by Gasteiger charge is -2.28. The van der Waals surface area contributed by atoms with E-state index in [0.29, 0.717) is 5.56 Å². The number of phenols is 1. The number of nitrogens with one attached hydrogen (secondary N) is 1. The van der Waals surface area contributed by atoms with Gasteiger partial charge in [-0.25, -0.2) is 4.79 Å². The molecule has 2 N–H and O–H groups in total. The molecule has 2 amide bonds. The normalized spacial score (nSPS) is 12.5. The number of hydrogen-bond acceptors (Lipinski definition) is 8. The van der Waals surface area contributed by atoms with Crippen LogP contribution >= 0.6 is 35.2 Å². The molecule has 0 heterocycles. The van der Waals surface area contributed by atoms with E-state index in [1.54, 1.807) is 49.4 Å².